The zero-order chi connectivity index (χ0) is 15.8. The fraction of sp³-hybridized carbons (Fsp3) is 0.211. The van der Waals surface area contributed by atoms with E-state index >= 15 is 0 Å². The van der Waals surface area contributed by atoms with Crippen LogP contribution >= 0.6 is 0 Å². The summed E-state index contributed by atoms with van der Waals surface area (Å²) in [7, 11) is 1.80. The van der Waals surface area contributed by atoms with Gasteiger partial charge in [-0.3, -0.25) is 4.79 Å². The number of fused-ring (bicyclic) bond motifs is 1. The SMILES string of the molecule is Cn1c(-c2ccc(OCC3CO3)cc2)cc2ccccc2c1=O. The molecular weight excluding hydrogens is 290 g/mol. The third kappa shape index (κ3) is 2.73. The Morgan fingerprint density at radius 3 is 2.65 bits per heavy atom. The largest absolute Gasteiger partial charge is 0.491 e. The van der Waals surface area contributed by atoms with Gasteiger partial charge in [-0.05, 0) is 47.3 Å². The van der Waals surface area contributed by atoms with Gasteiger partial charge in [-0.2, -0.15) is 0 Å². The number of pyridine rings is 1. The Hall–Kier alpha value is -2.59. The summed E-state index contributed by atoms with van der Waals surface area (Å²) in [5.74, 6) is 0.815. The second-order valence-electron chi connectivity index (χ2n) is 5.77. The molecule has 4 rings (SSSR count). The number of nitrogens with zero attached hydrogens (tertiary/aromatic N) is 1. The first-order valence-electron chi connectivity index (χ1n) is 7.66. The molecule has 4 heteroatoms. The van der Waals surface area contributed by atoms with Gasteiger partial charge in [-0.1, -0.05) is 18.2 Å². The normalized spacial score (nSPS) is 16.5. The summed E-state index contributed by atoms with van der Waals surface area (Å²) in [5.41, 5.74) is 1.90. The van der Waals surface area contributed by atoms with Crippen LogP contribution in [0.1, 0.15) is 0 Å². The van der Waals surface area contributed by atoms with Crippen LogP contribution in [0.5, 0.6) is 5.75 Å². The van der Waals surface area contributed by atoms with E-state index in [1.165, 1.54) is 0 Å². The summed E-state index contributed by atoms with van der Waals surface area (Å²) in [4.78, 5) is 12.5. The molecule has 0 radical (unpaired) electrons. The van der Waals surface area contributed by atoms with E-state index in [1.54, 1.807) is 11.6 Å². The van der Waals surface area contributed by atoms with Gasteiger partial charge in [0.25, 0.3) is 5.56 Å². The highest BCUT2D eigenvalue weighted by Crippen LogP contribution is 2.24. The van der Waals surface area contributed by atoms with Gasteiger partial charge in [0.05, 0.1) is 12.3 Å². The van der Waals surface area contributed by atoms with E-state index in [0.29, 0.717) is 6.61 Å². The third-order valence-electron chi connectivity index (χ3n) is 4.14. The van der Waals surface area contributed by atoms with Gasteiger partial charge >= 0.3 is 0 Å². The Morgan fingerprint density at radius 2 is 1.91 bits per heavy atom. The topological polar surface area (TPSA) is 43.8 Å². The van der Waals surface area contributed by atoms with E-state index in [4.69, 9.17) is 9.47 Å². The van der Waals surface area contributed by atoms with E-state index in [0.717, 1.165) is 34.4 Å². The molecule has 0 spiro atoms. The molecule has 4 nitrogen and oxygen atoms in total. The smallest absolute Gasteiger partial charge is 0.258 e. The maximum absolute atomic E-state index is 12.5. The van der Waals surface area contributed by atoms with Crippen molar-refractivity contribution < 1.29 is 9.47 Å². The maximum atomic E-state index is 12.5. The number of rotatable bonds is 4. The average Bonchev–Trinajstić information content (AvgIpc) is 3.41. The number of ether oxygens (including phenoxy) is 2. The monoisotopic (exact) mass is 307 g/mol. The predicted molar refractivity (Wildman–Crippen MR) is 89.9 cm³/mol. The van der Waals surface area contributed by atoms with Crippen molar-refractivity contribution in [2.24, 2.45) is 7.05 Å². The molecule has 0 saturated carbocycles. The Bertz CT molecular complexity index is 908. The molecule has 2 heterocycles. The van der Waals surface area contributed by atoms with Crippen LogP contribution in [0.25, 0.3) is 22.0 Å². The van der Waals surface area contributed by atoms with Gasteiger partial charge in [-0.25, -0.2) is 0 Å². The molecule has 1 aromatic heterocycles. The molecular formula is C19H17NO3. The fourth-order valence-corrected chi connectivity index (χ4v) is 2.70. The van der Waals surface area contributed by atoms with E-state index in [9.17, 15) is 4.79 Å². The van der Waals surface area contributed by atoms with Gasteiger partial charge in [0.2, 0.25) is 0 Å². The molecule has 23 heavy (non-hydrogen) atoms. The molecule has 1 aliphatic rings. The summed E-state index contributed by atoms with van der Waals surface area (Å²) in [5, 5.41) is 1.69. The summed E-state index contributed by atoms with van der Waals surface area (Å²) >= 11 is 0. The van der Waals surface area contributed by atoms with Crippen molar-refractivity contribution in [1.82, 2.24) is 4.57 Å². The lowest BCUT2D eigenvalue weighted by molar-refractivity contribution is 0.263. The van der Waals surface area contributed by atoms with Crippen LogP contribution in [0.15, 0.2) is 59.4 Å². The van der Waals surface area contributed by atoms with Gasteiger partial charge in [-0.15, -0.1) is 0 Å². The number of aromatic nitrogens is 1. The minimum atomic E-state index is 0.0179. The molecule has 0 amide bonds. The van der Waals surface area contributed by atoms with Crippen LogP contribution in [0.3, 0.4) is 0 Å². The molecule has 0 N–H and O–H groups in total. The fourth-order valence-electron chi connectivity index (χ4n) is 2.70. The third-order valence-corrected chi connectivity index (χ3v) is 4.14. The summed E-state index contributed by atoms with van der Waals surface area (Å²) in [6.07, 6.45) is 0.246. The van der Waals surface area contributed by atoms with Crippen LogP contribution in [0, 0.1) is 0 Å². The van der Waals surface area contributed by atoms with Crippen LogP contribution in [0.4, 0.5) is 0 Å². The first-order chi connectivity index (χ1) is 11.2. The van der Waals surface area contributed by atoms with Crippen molar-refractivity contribution in [2.75, 3.05) is 13.2 Å². The van der Waals surface area contributed by atoms with Crippen molar-refractivity contribution in [3.8, 4) is 17.0 Å². The zero-order valence-electron chi connectivity index (χ0n) is 12.9. The van der Waals surface area contributed by atoms with Crippen molar-refractivity contribution >= 4 is 10.8 Å². The number of benzene rings is 2. The standard InChI is InChI=1S/C19H17NO3/c1-20-18(10-14-4-2-3-5-17(14)19(20)21)13-6-8-15(9-7-13)22-11-16-12-23-16/h2-10,16H,11-12H2,1H3. The zero-order valence-corrected chi connectivity index (χ0v) is 12.9. The second-order valence-corrected chi connectivity index (χ2v) is 5.77. The van der Waals surface area contributed by atoms with E-state index < -0.39 is 0 Å². The van der Waals surface area contributed by atoms with Crippen molar-refractivity contribution in [2.45, 2.75) is 6.10 Å². The Balaban J connectivity index is 1.70. The molecule has 0 aliphatic carbocycles. The summed E-state index contributed by atoms with van der Waals surface area (Å²) in [6, 6.07) is 17.5. The molecule has 116 valence electrons. The average molecular weight is 307 g/mol. The minimum absolute atomic E-state index is 0.0179. The molecule has 0 bridgehead atoms. The first kappa shape index (κ1) is 14.0. The maximum Gasteiger partial charge on any atom is 0.258 e. The van der Waals surface area contributed by atoms with Crippen molar-refractivity contribution in [3.63, 3.8) is 0 Å². The molecule has 1 aliphatic heterocycles. The molecule has 3 aromatic rings. The second kappa shape index (κ2) is 5.56. The predicted octanol–water partition coefficient (Wildman–Crippen LogP) is 2.98. The van der Waals surface area contributed by atoms with Gasteiger partial charge in [0.15, 0.2) is 0 Å². The van der Waals surface area contributed by atoms with Gasteiger partial charge in [0, 0.05) is 12.4 Å². The Morgan fingerprint density at radius 1 is 1.17 bits per heavy atom. The highest BCUT2D eigenvalue weighted by molar-refractivity contribution is 5.85. The molecule has 1 saturated heterocycles. The van der Waals surface area contributed by atoms with Crippen LogP contribution < -0.4 is 10.3 Å². The van der Waals surface area contributed by atoms with Crippen LogP contribution in [0.2, 0.25) is 0 Å². The van der Waals surface area contributed by atoms with E-state index in [2.05, 4.69) is 0 Å². The minimum Gasteiger partial charge on any atom is -0.491 e. The Kier molecular flexibility index (Phi) is 3.39. The van der Waals surface area contributed by atoms with Crippen molar-refractivity contribution in [1.29, 1.82) is 0 Å². The molecule has 1 fully saturated rings. The lowest BCUT2D eigenvalue weighted by Gasteiger charge is -2.11. The summed E-state index contributed by atoms with van der Waals surface area (Å²) in [6.45, 7) is 1.38. The molecule has 1 unspecified atom stereocenters. The van der Waals surface area contributed by atoms with Crippen LogP contribution in [-0.2, 0) is 11.8 Å². The lowest BCUT2D eigenvalue weighted by Crippen LogP contribution is -2.18. The quantitative estimate of drug-likeness (QED) is 0.696. The number of hydrogen-bond donors (Lipinski definition) is 0. The van der Waals surface area contributed by atoms with E-state index in [-0.39, 0.29) is 11.7 Å². The number of hydrogen-bond acceptors (Lipinski definition) is 3. The first-order valence-corrected chi connectivity index (χ1v) is 7.66. The Labute approximate surface area is 133 Å². The lowest BCUT2D eigenvalue weighted by atomic mass is 10.1. The van der Waals surface area contributed by atoms with Gasteiger partial charge < -0.3 is 14.0 Å². The summed E-state index contributed by atoms with van der Waals surface area (Å²) < 4.78 is 12.5. The van der Waals surface area contributed by atoms with Gasteiger partial charge in [0.1, 0.15) is 18.5 Å². The van der Waals surface area contributed by atoms with Crippen LogP contribution in [-0.4, -0.2) is 23.9 Å². The van der Waals surface area contributed by atoms with Crippen molar-refractivity contribution in [3.05, 3.63) is 65.0 Å². The number of epoxide rings is 1. The van der Waals surface area contributed by atoms with E-state index in [1.807, 2.05) is 54.6 Å². The molecule has 2 aromatic carbocycles. The molecule has 1 atom stereocenters. The highest BCUT2D eigenvalue weighted by atomic mass is 16.6. The highest BCUT2D eigenvalue weighted by Gasteiger charge is 2.23.